The van der Waals surface area contributed by atoms with E-state index in [2.05, 4.69) is 15.3 Å². The highest BCUT2D eigenvalue weighted by atomic mass is 16.5. The Bertz CT molecular complexity index is 768. The second-order valence-corrected chi connectivity index (χ2v) is 9.06. The van der Waals surface area contributed by atoms with E-state index in [1.807, 2.05) is 30.3 Å². The number of rotatable bonds is 8. The Morgan fingerprint density at radius 1 is 1.14 bits per heavy atom. The molecule has 4 aliphatic carbocycles. The molecule has 154 valence electrons. The fraction of sp³-hybridized carbons (Fsp3) is 0.636. The van der Waals surface area contributed by atoms with Gasteiger partial charge in [-0.1, -0.05) is 35.4 Å². The number of hydrogen-bond donors (Lipinski definition) is 1. The molecule has 0 heterocycles. The zero-order valence-electron chi connectivity index (χ0n) is 16.6. The molecule has 1 amide bonds. The van der Waals surface area contributed by atoms with E-state index >= 15 is 0 Å². The predicted molar refractivity (Wildman–Crippen MR) is 107 cm³/mol. The van der Waals surface area contributed by atoms with Gasteiger partial charge >= 0.3 is 5.97 Å². The Morgan fingerprint density at radius 2 is 1.76 bits per heavy atom. The minimum Gasteiger partial charge on any atom is -0.459 e. The van der Waals surface area contributed by atoms with Gasteiger partial charge in [0.2, 0.25) is 5.91 Å². The molecule has 1 N–H and O–H groups in total. The molecule has 1 atom stereocenters. The van der Waals surface area contributed by atoms with Crippen LogP contribution in [-0.2, 0) is 20.9 Å². The number of nitrogens with zero attached hydrogens (tertiary/aromatic N) is 3. The van der Waals surface area contributed by atoms with Crippen LogP contribution in [-0.4, -0.2) is 24.5 Å². The molecule has 5 rings (SSSR count). The van der Waals surface area contributed by atoms with Gasteiger partial charge in [0.25, 0.3) is 0 Å². The number of carbonyl (C=O) groups is 2. The van der Waals surface area contributed by atoms with E-state index in [0.717, 1.165) is 24.8 Å². The van der Waals surface area contributed by atoms with Crippen LogP contribution in [0.4, 0.5) is 0 Å². The molecule has 1 aromatic rings. The number of azide groups is 1. The van der Waals surface area contributed by atoms with Crippen molar-refractivity contribution >= 4 is 11.9 Å². The minimum absolute atomic E-state index is 0.0146. The lowest BCUT2D eigenvalue weighted by molar-refractivity contribution is -0.155. The lowest BCUT2D eigenvalue weighted by Crippen LogP contribution is -2.56. The monoisotopic (exact) mass is 396 g/mol. The Hall–Kier alpha value is -2.53. The first-order valence-electron chi connectivity index (χ1n) is 10.6. The van der Waals surface area contributed by atoms with Crippen molar-refractivity contribution in [3.8, 4) is 0 Å². The van der Waals surface area contributed by atoms with Crippen LogP contribution in [0.3, 0.4) is 0 Å². The van der Waals surface area contributed by atoms with E-state index in [1.54, 1.807) is 0 Å². The largest absolute Gasteiger partial charge is 0.459 e. The van der Waals surface area contributed by atoms with Crippen molar-refractivity contribution in [3.63, 3.8) is 0 Å². The van der Waals surface area contributed by atoms with Gasteiger partial charge in [-0.05, 0) is 73.8 Å². The summed E-state index contributed by atoms with van der Waals surface area (Å²) in [5.41, 5.74) is 9.12. The second kappa shape index (κ2) is 8.46. The molecular weight excluding hydrogens is 368 g/mol. The first kappa shape index (κ1) is 19.8. The summed E-state index contributed by atoms with van der Waals surface area (Å²) in [6.07, 6.45) is 6.83. The molecule has 0 aliphatic heterocycles. The normalized spacial score (nSPS) is 30.3. The van der Waals surface area contributed by atoms with Crippen molar-refractivity contribution in [2.45, 2.75) is 57.6 Å². The molecule has 0 radical (unpaired) electrons. The average Bonchev–Trinajstić information content (AvgIpc) is 2.71. The molecule has 1 aromatic carbocycles. The number of esters is 1. The Kier molecular flexibility index (Phi) is 5.76. The highest BCUT2D eigenvalue weighted by Gasteiger charge is 2.54. The maximum atomic E-state index is 13.3. The molecular formula is C22H28N4O3. The molecule has 0 unspecified atom stereocenters. The first-order valence-corrected chi connectivity index (χ1v) is 10.6. The van der Waals surface area contributed by atoms with Crippen LogP contribution in [0.1, 0.15) is 50.5 Å². The van der Waals surface area contributed by atoms with Gasteiger partial charge < -0.3 is 10.1 Å². The maximum Gasteiger partial charge on any atom is 0.328 e. The summed E-state index contributed by atoms with van der Waals surface area (Å²) < 4.78 is 5.45. The molecule has 7 heteroatoms. The van der Waals surface area contributed by atoms with Crippen LogP contribution in [0.2, 0.25) is 0 Å². The quantitative estimate of drug-likeness (QED) is 0.309. The third-order valence-corrected chi connectivity index (χ3v) is 6.91. The SMILES string of the molecule is [N-]=[N+]=NCC[C@H](NC(=O)C12CC3CC(CC(C3)C1)C2)C(=O)OCc1ccccc1. The lowest BCUT2D eigenvalue weighted by Gasteiger charge is -2.55. The number of hydrogen-bond acceptors (Lipinski definition) is 4. The zero-order chi connectivity index (χ0) is 20.3. The molecule has 4 fully saturated rings. The van der Waals surface area contributed by atoms with Crippen LogP contribution < -0.4 is 5.32 Å². The minimum atomic E-state index is -0.787. The van der Waals surface area contributed by atoms with E-state index in [9.17, 15) is 9.59 Å². The molecule has 0 aromatic heterocycles. The number of carbonyl (C=O) groups excluding carboxylic acids is 2. The van der Waals surface area contributed by atoms with Gasteiger partial charge in [-0.15, -0.1) is 0 Å². The van der Waals surface area contributed by atoms with E-state index in [4.69, 9.17) is 10.3 Å². The molecule has 4 bridgehead atoms. The van der Waals surface area contributed by atoms with Gasteiger partial charge in [-0.2, -0.15) is 0 Å². The maximum absolute atomic E-state index is 13.3. The number of benzene rings is 1. The van der Waals surface area contributed by atoms with Gasteiger partial charge in [0.05, 0.1) is 0 Å². The topological polar surface area (TPSA) is 104 Å². The zero-order valence-corrected chi connectivity index (χ0v) is 16.6. The third kappa shape index (κ3) is 4.40. The fourth-order valence-electron chi connectivity index (χ4n) is 6.01. The second-order valence-electron chi connectivity index (χ2n) is 9.06. The van der Waals surface area contributed by atoms with E-state index in [0.29, 0.717) is 17.8 Å². The Labute approximate surface area is 170 Å². The predicted octanol–water partition coefficient (Wildman–Crippen LogP) is 4.13. The Morgan fingerprint density at radius 3 is 2.34 bits per heavy atom. The number of nitrogens with one attached hydrogen (secondary N) is 1. The highest BCUT2D eigenvalue weighted by Crippen LogP contribution is 2.60. The van der Waals surface area contributed by atoms with Crippen LogP contribution in [0.5, 0.6) is 0 Å². The summed E-state index contributed by atoms with van der Waals surface area (Å²) in [7, 11) is 0. The standard InChI is InChI=1S/C22H28N4O3/c23-26-24-7-6-19(20(27)29-14-15-4-2-1-3-5-15)25-21(28)22-11-16-8-17(12-22)10-18(9-16)13-22/h1-5,16-19H,6-14H2,(H,25,28)/t16?,17?,18?,19-,22?/m0/s1. The third-order valence-electron chi connectivity index (χ3n) is 6.91. The number of amides is 1. The summed E-state index contributed by atoms with van der Waals surface area (Å²) in [6.45, 7) is 0.299. The fourth-order valence-corrected chi connectivity index (χ4v) is 6.01. The molecule has 0 saturated heterocycles. The summed E-state index contributed by atoms with van der Waals surface area (Å²) in [5.74, 6) is 1.47. The first-order chi connectivity index (χ1) is 14.1. The van der Waals surface area contributed by atoms with Crippen LogP contribution in [0.15, 0.2) is 35.4 Å². The van der Waals surface area contributed by atoms with Gasteiger partial charge in [0, 0.05) is 16.9 Å². The van der Waals surface area contributed by atoms with E-state index in [-0.39, 0.29) is 30.9 Å². The molecule has 0 spiro atoms. The van der Waals surface area contributed by atoms with Gasteiger partial charge in [-0.25, -0.2) is 4.79 Å². The van der Waals surface area contributed by atoms with E-state index in [1.165, 1.54) is 19.3 Å². The van der Waals surface area contributed by atoms with Crippen molar-refractivity contribution in [1.82, 2.24) is 5.32 Å². The molecule has 4 saturated carbocycles. The molecule has 7 nitrogen and oxygen atoms in total. The van der Waals surface area contributed by atoms with Crippen LogP contribution in [0, 0.1) is 23.2 Å². The summed E-state index contributed by atoms with van der Waals surface area (Å²) >= 11 is 0. The average molecular weight is 396 g/mol. The van der Waals surface area contributed by atoms with Crippen molar-refractivity contribution in [2.75, 3.05) is 6.54 Å². The molecule has 4 aliphatic rings. The highest BCUT2D eigenvalue weighted by molar-refractivity contribution is 5.88. The van der Waals surface area contributed by atoms with Crippen molar-refractivity contribution in [1.29, 1.82) is 0 Å². The lowest BCUT2D eigenvalue weighted by atomic mass is 9.49. The summed E-state index contributed by atoms with van der Waals surface area (Å²) in [4.78, 5) is 28.8. The summed E-state index contributed by atoms with van der Waals surface area (Å²) in [6, 6.07) is 8.66. The number of ether oxygens (including phenoxy) is 1. The van der Waals surface area contributed by atoms with Crippen molar-refractivity contribution < 1.29 is 14.3 Å². The van der Waals surface area contributed by atoms with Crippen LogP contribution in [0.25, 0.3) is 10.4 Å². The smallest absolute Gasteiger partial charge is 0.328 e. The molecule has 29 heavy (non-hydrogen) atoms. The van der Waals surface area contributed by atoms with Crippen molar-refractivity contribution in [3.05, 3.63) is 46.3 Å². The van der Waals surface area contributed by atoms with Gasteiger partial charge in [0.15, 0.2) is 0 Å². The Balaban J connectivity index is 1.41. The summed E-state index contributed by atoms with van der Waals surface area (Å²) in [5, 5.41) is 6.51. The van der Waals surface area contributed by atoms with E-state index < -0.39 is 12.0 Å². The van der Waals surface area contributed by atoms with Crippen molar-refractivity contribution in [2.24, 2.45) is 28.3 Å². The van der Waals surface area contributed by atoms with Gasteiger partial charge in [-0.3, -0.25) is 4.79 Å². The van der Waals surface area contributed by atoms with Crippen LogP contribution >= 0.6 is 0 Å². The van der Waals surface area contributed by atoms with Gasteiger partial charge in [0.1, 0.15) is 12.6 Å².